The molecule has 0 bridgehead atoms. The van der Waals surface area contributed by atoms with Crippen molar-refractivity contribution in [1.29, 1.82) is 0 Å². The number of carbonyl (C=O) groups is 1. The second kappa shape index (κ2) is 11.6. The molecule has 152 valence electrons. The van der Waals surface area contributed by atoms with Gasteiger partial charge in [-0.25, -0.2) is 0 Å². The number of ketones is 1. The zero-order valence-electron chi connectivity index (χ0n) is 15.4. The van der Waals surface area contributed by atoms with E-state index >= 15 is 0 Å². The molecular weight excluding hydrogens is 466 g/mol. The number of carbonyl (C=O) groups excluding carboxylic acids is 1. The molecule has 2 rings (SSSR count). The van der Waals surface area contributed by atoms with Crippen LogP contribution in [0.25, 0.3) is 12.2 Å². The highest BCUT2D eigenvalue weighted by Gasteiger charge is 2.10. The molecule has 0 unspecified atom stereocenters. The Labute approximate surface area is 195 Å². The van der Waals surface area contributed by atoms with Crippen molar-refractivity contribution in [1.82, 2.24) is 0 Å². The summed E-state index contributed by atoms with van der Waals surface area (Å²) in [5, 5.41) is 1.34. The summed E-state index contributed by atoms with van der Waals surface area (Å²) in [6.07, 6.45) is 16.2. The Balaban J connectivity index is 2.27. The maximum atomic E-state index is 12.3. The van der Waals surface area contributed by atoms with Crippen molar-refractivity contribution < 1.29 is 14.3 Å². The van der Waals surface area contributed by atoms with Crippen LogP contribution in [0.1, 0.15) is 11.1 Å². The lowest BCUT2D eigenvalue weighted by Crippen LogP contribution is -1.97. The van der Waals surface area contributed by atoms with Gasteiger partial charge in [0, 0.05) is 21.2 Å². The number of ether oxygens (including phenoxy) is 2. The molecule has 2 aromatic carbocycles. The van der Waals surface area contributed by atoms with Crippen molar-refractivity contribution in [3.8, 4) is 36.2 Å². The maximum absolute atomic E-state index is 12.3. The Kier molecular flexibility index (Phi) is 9.18. The van der Waals surface area contributed by atoms with Crippen molar-refractivity contribution in [3.63, 3.8) is 0 Å². The number of halogens is 4. The molecule has 2 aromatic rings. The summed E-state index contributed by atoms with van der Waals surface area (Å²) >= 11 is 24.4. The normalized spacial score (nSPS) is 10.7. The van der Waals surface area contributed by atoms with Gasteiger partial charge in [0.15, 0.2) is 5.78 Å². The zero-order valence-corrected chi connectivity index (χ0v) is 18.4. The molecule has 3 nitrogen and oxygen atoms in total. The number of benzene rings is 2. The van der Waals surface area contributed by atoms with Gasteiger partial charge in [-0.1, -0.05) is 58.2 Å². The van der Waals surface area contributed by atoms with Crippen molar-refractivity contribution in [3.05, 3.63) is 67.6 Å². The van der Waals surface area contributed by atoms with Gasteiger partial charge in [0.25, 0.3) is 0 Å². The van der Waals surface area contributed by atoms with Crippen LogP contribution in [0, 0.1) is 24.7 Å². The van der Waals surface area contributed by atoms with Crippen molar-refractivity contribution >= 4 is 64.3 Å². The van der Waals surface area contributed by atoms with E-state index in [1.807, 2.05) is 0 Å². The Morgan fingerprint density at radius 3 is 1.57 bits per heavy atom. The van der Waals surface area contributed by atoms with Crippen LogP contribution in [0.2, 0.25) is 20.1 Å². The molecule has 0 aliphatic rings. The van der Waals surface area contributed by atoms with E-state index in [9.17, 15) is 4.79 Å². The molecule has 0 aliphatic carbocycles. The quantitative estimate of drug-likeness (QED) is 0.315. The van der Waals surface area contributed by atoms with Gasteiger partial charge in [-0.3, -0.25) is 4.79 Å². The molecule has 0 saturated heterocycles. The Morgan fingerprint density at radius 2 is 1.20 bits per heavy atom. The lowest BCUT2D eigenvalue weighted by atomic mass is 10.1. The highest BCUT2D eigenvalue weighted by molar-refractivity contribution is 6.36. The van der Waals surface area contributed by atoms with E-state index < -0.39 is 0 Å². The van der Waals surface area contributed by atoms with Crippen LogP contribution in [-0.2, 0) is 4.79 Å². The molecule has 0 N–H and O–H groups in total. The Morgan fingerprint density at radius 1 is 0.800 bits per heavy atom. The van der Waals surface area contributed by atoms with Crippen LogP contribution in [-0.4, -0.2) is 19.0 Å². The topological polar surface area (TPSA) is 35.5 Å². The summed E-state index contributed by atoms with van der Waals surface area (Å²) in [5.41, 5.74) is 1.02. The van der Waals surface area contributed by atoms with Gasteiger partial charge in [0.05, 0.1) is 10.0 Å². The van der Waals surface area contributed by atoms with Crippen molar-refractivity contribution in [2.45, 2.75) is 0 Å². The fraction of sp³-hybridized carbons (Fsp3) is 0.0870. The minimum Gasteiger partial charge on any atom is -0.479 e. The van der Waals surface area contributed by atoms with Crippen LogP contribution in [0.4, 0.5) is 0 Å². The number of hydrogen-bond acceptors (Lipinski definition) is 3. The third kappa shape index (κ3) is 6.77. The minimum atomic E-state index is -0.326. The molecule has 0 fully saturated rings. The lowest BCUT2D eigenvalue weighted by molar-refractivity contribution is -0.110. The van der Waals surface area contributed by atoms with Crippen molar-refractivity contribution in [2.24, 2.45) is 0 Å². The number of terminal acetylenes is 2. The first-order valence-corrected chi connectivity index (χ1v) is 9.87. The van der Waals surface area contributed by atoms with Gasteiger partial charge in [0.2, 0.25) is 0 Å². The molecule has 0 aliphatic heterocycles. The molecule has 0 aromatic heterocycles. The third-order valence-corrected chi connectivity index (χ3v) is 4.53. The molecule has 0 amide bonds. The van der Waals surface area contributed by atoms with Crippen LogP contribution in [0.5, 0.6) is 11.5 Å². The molecular formula is C23H14Cl4O3. The third-order valence-electron chi connectivity index (χ3n) is 3.53. The summed E-state index contributed by atoms with van der Waals surface area (Å²) in [6, 6.07) is 6.26. The number of hydrogen-bond donors (Lipinski definition) is 0. The van der Waals surface area contributed by atoms with E-state index in [0.29, 0.717) is 32.7 Å². The average Bonchev–Trinajstić information content (AvgIpc) is 2.69. The smallest absolute Gasteiger partial charge is 0.178 e. The fourth-order valence-electron chi connectivity index (χ4n) is 2.34. The van der Waals surface area contributed by atoms with Crippen LogP contribution in [0.3, 0.4) is 0 Å². The molecule has 0 heterocycles. The molecule has 0 radical (unpaired) electrons. The largest absolute Gasteiger partial charge is 0.479 e. The van der Waals surface area contributed by atoms with Crippen LogP contribution in [0.15, 0.2) is 36.4 Å². The van der Waals surface area contributed by atoms with E-state index in [2.05, 4.69) is 11.8 Å². The van der Waals surface area contributed by atoms with Gasteiger partial charge in [-0.05, 0) is 48.6 Å². The molecule has 0 atom stereocenters. The zero-order chi connectivity index (χ0) is 22.1. The second-order valence-corrected chi connectivity index (χ2v) is 7.35. The summed E-state index contributed by atoms with van der Waals surface area (Å²) in [5.74, 6) is 5.05. The van der Waals surface area contributed by atoms with E-state index in [4.69, 9.17) is 68.7 Å². The average molecular weight is 480 g/mol. The van der Waals surface area contributed by atoms with Crippen molar-refractivity contribution in [2.75, 3.05) is 13.2 Å². The molecule has 7 heteroatoms. The highest BCUT2D eigenvalue weighted by Crippen LogP contribution is 2.34. The summed E-state index contributed by atoms with van der Waals surface area (Å²) in [4.78, 5) is 12.3. The predicted octanol–water partition coefficient (Wildman–Crippen LogP) is 6.62. The fourth-order valence-corrected chi connectivity index (χ4v) is 3.47. The second-order valence-electron chi connectivity index (χ2n) is 5.67. The van der Waals surface area contributed by atoms with E-state index in [0.717, 1.165) is 0 Å². The number of rotatable bonds is 8. The van der Waals surface area contributed by atoms with Gasteiger partial charge < -0.3 is 9.47 Å². The molecule has 0 saturated carbocycles. The minimum absolute atomic E-state index is 0.0198. The lowest BCUT2D eigenvalue weighted by Gasteiger charge is -2.09. The maximum Gasteiger partial charge on any atom is 0.178 e. The Hall–Kier alpha value is -2.53. The van der Waals surface area contributed by atoms with Gasteiger partial charge >= 0.3 is 0 Å². The monoisotopic (exact) mass is 478 g/mol. The summed E-state index contributed by atoms with van der Waals surface area (Å²) in [6.45, 7) is 0.0397. The molecule has 30 heavy (non-hydrogen) atoms. The predicted molar refractivity (Wildman–Crippen MR) is 125 cm³/mol. The first-order valence-electron chi connectivity index (χ1n) is 8.36. The van der Waals surface area contributed by atoms with Crippen LogP contribution < -0.4 is 9.47 Å². The standard InChI is InChI=1S/C23H14Cl4O3/c1-3-9-29-22-15(11-17(24)13-20(22)26)5-7-19(28)8-6-16-12-18(25)14-21(27)23(16)30-10-4-2/h1-2,5-8,11-14H,9-10H2/b7-5+,8-6+. The number of allylic oxidation sites excluding steroid dienone is 2. The van der Waals surface area contributed by atoms with E-state index in [1.54, 1.807) is 12.1 Å². The summed E-state index contributed by atoms with van der Waals surface area (Å²) in [7, 11) is 0. The Bertz CT molecular complexity index is 1000. The summed E-state index contributed by atoms with van der Waals surface area (Å²) < 4.78 is 10.9. The SMILES string of the molecule is C#CCOc1c(Cl)cc(Cl)cc1/C=C/C(=O)/C=C/c1cc(Cl)cc(Cl)c1OCC#C. The van der Waals surface area contributed by atoms with E-state index in [-0.39, 0.29) is 29.0 Å². The van der Waals surface area contributed by atoms with Gasteiger partial charge in [-0.15, -0.1) is 12.8 Å². The van der Waals surface area contributed by atoms with E-state index in [1.165, 1.54) is 36.4 Å². The van der Waals surface area contributed by atoms with Crippen LogP contribution >= 0.6 is 46.4 Å². The highest BCUT2D eigenvalue weighted by atomic mass is 35.5. The van der Waals surface area contributed by atoms with Gasteiger partial charge in [-0.2, -0.15) is 0 Å². The first-order chi connectivity index (χ1) is 14.3. The molecule has 0 spiro atoms. The van der Waals surface area contributed by atoms with Gasteiger partial charge in [0.1, 0.15) is 24.7 Å². The first kappa shape index (κ1) is 23.7.